The minimum absolute atomic E-state index is 0.0251. The van der Waals surface area contributed by atoms with Crippen molar-refractivity contribution in [1.82, 2.24) is 0 Å². The molecule has 1 heterocycles. The molecule has 27 heavy (non-hydrogen) atoms. The molecular weight excluding hydrogens is 346 g/mol. The highest BCUT2D eigenvalue weighted by Gasteiger charge is 2.22. The first-order valence-electron chi connectivity index (χ1n) is 9.19. The lowest BCUT2D eigenvalue weighted by Crippen LogP contribution is -2.22. The normalized spacial score (nSPS) is 26.4. The van der Waals surface area contributed by atoms with E-state index in [0.29, 0.717) is 17.8 Å². The van der Waals surface area contributed by atoms with Crippen molar-refractivity contribution in [3.8, 4) is 5.75 Å². The standard InChI is InChI=1S/C21H27NO5/c1-4-22-16-10-15-6-5-7-17(23)12-18(24)9-8-13(2)14(3)27-21(26)20(15)19(25)11-16/h5-6,8-11,13-14,17,22-23,25H,4,7,12H2,1-3H3/b6-5+,9-8-/t13-,14+,17+/m1/s1. The molecule has 3 atom stereocenters. The van der Waals surface area contributed by atoms with Gasteiger partial charge in [-0.05, 0) is 38.0 Å². The quantitative estimate of drug-likeness (QED) is 0.689. The Labute approximate surface area is 159 Å². The first-order chi connectivity index (χ1) is 12.8. The molecule has 0 saturated heterocycles. The number of anilines is 1. The van der Waals surface area contributed by atoms with Crippen molar-refractivity contribution in [1.29, 1.82) is 0 Å². The van der Waals surface area contributed by atoms with Crippen molar-refractivity contribution >= 4 is 23.5 Å². The number of rotatable bonds is 2. The van der Waals surface area contributed by atoms with E-state index in [-0.39, 0.29) is 35.9 Å². The van der Waals surface area contributed by atoms with Crippen LogP contribution >= 0.6 is 0 Å². The van der Waals surface area contributed by atoms with Gasteiger partial charge in [-0.3, -0.25) is 4.79 Å². The third kappa shape index (κ3) is 5.69. The predicted molar refractivity (Wildman–Crippen MR) is 105 cm³/mol. The Bertz CT molecular complexity index is 753. The number of nitrogens with one attached hydrogen (secondary N) is 1. The fourth-order valence-electron chi connectivity index (χ4n) is 2.80. The van der Waals surface area contributed by atoms with Crippen LogP contribution in [0.4, 0.5) is 5.69 Å². The molecule has 3 N–H and O–H groups in total. The number of allylic oxidation sites excluding steroid dienone is 1. The monoisotopic (exact) mass is 373 g/mol. The van der Waals surface area contributed by atoms with Crippen LogP contribution in [0, 0.1) is 5.92 Å². The molecule has 0 unspecified atom stereocenters. The number of ether oxygens (including phenoxy) is 1. The maximum absolute atomic E-state index is 12.7. The van der Waals surface area contributed by atoms with Gasteiger partial charge in [-0.1, -0.05) is 25.2 Å². The highest BCUT2D eigenvalue weighted by atomic mass is 16.5. The van der Waals surface area contributed by atoms with Crippen molar-refractivity contribution in [2.75, 3.05) is 11.9 Å². The molecule has 0 bridgehead atoms. The van der Waals surface area contributed by atoms with Crippen LogP contribution in [-0.2, 0) is 9.53 Å². The summed E-state index contributed by atoms with van der Waals surface area (Å²) in [6, 6.07) is 3.23. The number of aliphatic hydroxyl groups is 1. The SMILES string of the molecule is CCNc1cc(O)c2c(c1)/C=C/C[C@H](O)CC(=O)/C=C\[C@@H](C)[C@H](C)OC2=O. The van der Waals surface area contributed by atoms with Gasteiger partial charge in [-0.2, -0.15) is 0 Å². The molecule has 0 amide bonds. The molecule has 1 aliphatic rings. The van der Waals surface area contributed by atoms with Gasteiger partial charge in [0.2, 0.25) is 0 Å². The first kappa shape index (κ1) is 20.7. The molecule has 1 aliphatic heterocycles. The highest BCUT2D eigenvalue weighted by molar-refractivity contribution is 5.97. The Balaban J connectivity index is 2.46. The predicted octanol–water partition coefficient (Wildman–Crippen LogP) is 3.30. The van der Waals surface area contributed by atoms with Crippen molar-refractivity contribution in [2.24, 2.45) is 5.92 Å². The molecule has 0 fully saturated rings. The van der Waals surface area contributed by atoms with Crippen LogP contribution in [0.2, 0.25) is 0 Å². The van der Waals surface area contributed by atoms with Crippen molar-refractivity contribution < 1.29 is 24.5 Å². The van der Waals surface area contributed by atoms with Gasteiger partial charge in [0.15, 0.2) is 5.78 Å². The van der Waals surface area contributed by atoms with Crippen LogP contribution in [0.3, 0.4) is 0 Å². The summed E-state index contributed by atoms with van der Waals surface area (Å²) in [5.41, 5.74) is 1.24. The third-order valence-electron chi connectivity index (χ3n) is 4.49. The van der Waals surface area contributed by atoms with Crippen LogP contribution in [-0.4, -0.2) is 40.7 Å². The van der Waals surface area contributed by atoms with E-state index in [0.717, 1.165) is 0 Å². The van der Waals surface area contributed by atoms with E-state index in [9.17, 15) is 19.8 Å². The number of fused-ring (bicyclic) bond motifs is 1. The lowest BCUT2D eigenvalue weighted by Gasteiger charge is -2.19. The first-order valence-corrected chi connectivity index (χ1v) is 9.19. The average Bonchev–Trinajstić information content (AvgIpc) is 2.58. The zero-order valence-corrected chi connectivity index (χ0v) is 15.9. The lowest BCUT2D eigenvalue weighted by atomic mass is 10.0. The summed E-state index contributed by atoms with van der Waals surface area (Å²) in [5.74, 6) is -1.17. The van der Waals surface area contributed by atoms with E-state index in [2.05, 4.69) is 5.32 Å². The Morgan fingerprint density at radius 3 is 2.67 bits per heavy atom. The molecule has 2 rings (SSSR count). The second kappa shape index (κ2) is 9.37. The minimum Gasteiger partial charge on any atom is -0.507 e. The molecule has 1 aromatic rings. The zero-order chi connectivity index (χ0) is 20.0. The minimum atomic E-state index is -0.810. The molecule has 6 heteroatoms. The van der Waals surface area contributed by atoms with Crippen LogP contribution in [0.15, 0.2) is 30.4 Å². The molecule has 0 aromatic heterocycles. The van der Waals surface area contributed by atoms with Gasteiger partial charge in [0.05, 0.1) is 6.10 Å². The molecule has 0 saturated carbocycles. The summed E-state index contributed by atoms with van der Waals surface area (Å²) < 4.78 is 5.51. The second-order valence-electron chi connectivity index (χ2n) is 6.78. The van der Waals surface area contributed by atoms with E-state index >= 15 is 0 Å². The smallest absolute Gasteiger partial charge is 0.342 e. The number of hydrogen-bond donors (Lipinski definition) is 3. The zero-order valence-electron chi connectivity index (χ0n) is 15.9. The number of aliphatic hydroxyl groups excluding tert-OH is 1. The summed E-state index contributed by atoms with van der Waals surface area (Å²) >= 11 is 0. The lowest BCUT2D eigenvalue weighted by molar-refractivity contribution is -0.116. The topological polar surface area (TPSA) is 95.9 Å². The molecule has 0 radical (unpaired) electrons. The van der Waals surface area contributed by atoms with E-state index in [4.69, 9.17) is 4.74 Å². The second-order valence-corrected chi connectivity index (χ2v) is 6.78. The number of phenols is 1. The van der Waals surface area contributed by atoms with E-state index in [1.54, 1.807) is 31.2 Å². The van der Waals surface area contributed by atoms with Crippen molar-refractivity contribution in [3.63, 3.8) is 0 Å². The Hall–Kier alpha value is -2.60. The van der Waals surface area contributed by atoms with Crippen LogP contribution in [0.1, 0.15) is 49.5 Å². The molecule has 0 aliphatic carbocycles. The van der Waals surface area contributed by atoms with Gasteiger partial charge in [0.1, 0.15) is 17.4 Å². The van der Waals surface area contributed by atoms with E-state index in [1.165, 1.54) is 12.1 Å². The summed E-state index contributed by atoms with van der Waals surface area (Å²) in [5, 5.41) is 23.5. The third-order valence-corrected chi connectivity index (χ3v) is 4.49. The number of ketones is 1. The molecule has 6 nitrogen and oxygen atoms in total. The van der Waals surface area contributed by atoms with Crippen molar-refractivity contribution in [3.05, 3.63) is 41.5 Å². The van der Waals surface area contributed by atoms with Crippen molar-refractivity contribution in [2.45, 2.75) is 45.8 Å². The van der Waals surface area contributed by atoms with Gasteiger partial charge in [0, 0.05) is 30.6 Å². The van der Waals surface area contributed by atoms with E-state index in [1.807, 2.05) is 13.8 Å². The summed E-state index contributed by atoms with van der Waals surface area (Å²) in [6.07, 6.45) is 5.41. The summed E-state index contributed by atoms with van der Waals surface area (Å²) in [6.45, 7) is 6.15. The summed E-state index contributed by atoms with van der Waals surface area (Å²) in [7, 11) is 0. The van der Waals surface area contributed by atoms with Gasteiger partial charge in [-0.15, -0.1) is 0 Å². The average molecular weight is 373 g/mol. The number of carbonyl (C=O) groups excluding carboxylic acids is 2. The maximum atomic E-state index is 12.7. The van der Waals surface area contributed by atoms with Crippen LogP contribution < -0.4 is 5.32 Å². The number of benzene rings is 1. The largest absolute Gasteiger partial charge is 0.507 e. The molecular formula is C21H27NO5. The Morgan fingerprint density at radius 2 is 1.96 bits per heavy atom. The van der Waals surface area contributed by atoms with Gasteiger partial charge < -0.3 is 20.3 Å². The van der Waals surface area contributed by atoms with Gasteiger partial charge in [-0.25, -0.2) is 4.79 Å². The number of aromatic hydroxyl groups is 1. The van der Waals surface area contributed by atoms with Crippen LogP contribution in [0.25, 0.3) is 6.08 Å². The van der Waals surface area contributed by atoms with Crippen LogP contribution in [0.5, 0.6) is 5.75 Å². The number of cyclic esters (lactones) is 1. The number of hydrogen-bond acceptors (Lipinski definition) is 6. The summed E-state index contributed by atoms with van der Waals surface area (Å²) in [4.78, 5) is 24.6. The van der Waals surface area contributed by atoms with E-state index < -0.39 is 18.2 Å². The Morgan fingerprint density at radius 1 is 1.22 bits per heavy atom. The van der Waals surface area contributed by atoms with Gasteiger partial charge >= 0.3 is 5.97 Å². The number of phenolic OH excluding ortho intramolecular Hbond substituents is 1. The highest BCUT2D eigenvalue weighted by Crippen LogP contribution is 2.29. The Kier molecular flexibility index (Phi) is 7.19. The molecule has 0 spiro atoms. The maximum Gasteiger partial charge on any atom is 0.342 e. The fourth-order valence-corrected chi connectivity index (χ4v) is 2.80. The molecule has 146 valence electrons. The molecule has 1 aromatic carbocycles. The fraction of sp³-hybridized carbons (Fsp3) is 0.429. The van der Waals surface area contributed by atoms with Gasteiger partial charge in [0.25, 0.3) is 0 Å². The number of carbonyl (C=O) groups is 2. The number of esters is 1.